The fourth-order valence-electron chi connectivity index (χ4n) is 3.24. The molecule has 4 aromatic rings. The maximum absolute atomic E-state index is 12.9. The topological polar surface area (TPSA) is 71.2 Å². The Morgan fingerprint density at radius 3 is 2.68 bits per heavy atom. The van der Waals surface area contributed by atoms with Gasteiger partial charge in [-0.05, 0) is 35.2 Å². The van der Waals surface area contributed by atoms with Crippen molar-refractivity contribution in [3.8, 4) is 0 Å². The van der Waals surface area contributed by atoms with E-state index >= 15 is 0 Å². The van der Waals surface area contributed by atoms with Crippen LogP contribution in [0.2, 0.25) is 10.0 Å². The molecule has 0 radical (unpaired) electrons. The summed E-state index contributed by atoms with van der Waals surface area (Å²) < 4.78 is 5.50. The lowest BCUT2D eigenvalue weighted by atomic mass is 10.0. The molecule has 1 amide bonds. The number of hydrogen-bond acceptors (Lipinski definition) is 4. The molecule has 0 aliphatic rings. The van der Waals surface area contributed by atoms with Gasteiger partial charge in [-0.2, -0.15) is 0 Å². The number of esters is 1. The third kappa shape index (κ3) is 5.10. The summed E-state index contributed by atoms with van der Waals surface area (Å²) in [5.74, 6) is -0.859. The average molecular weight is 473 g/mol. The summed E-state index contributed by atoms with van der Waals surface area (Å²) in [5.41, 5.74) is 2.51. The zero-order valence-corrected chi connectivity index (χ0v) is 18.6. The molecule has 5 nitrogen and oxygen atoms in total. The van der Waals surface area contributed by atoms with E-state index in [0.29, 0.717) is 20.5 Å². The highest BCUT2D eigenvalue weighted by Crippen LogP contribution is 2.23. The number of para-hydroxylation sites is 1. The molecule has 2 N–H and O–H groups in total. The minimum atomic E-state index is -0.861. The highest BCUT2D eigenvalue weighted by molar-refractivity contribution is 7.12. The van der Waals surface area contributed by atoms with Gasteiger partial charge < -0.3 is 15.0 Å². The molecular formula is C23H18Cl2N2O3S. The summed E-state index contributed by atoms with van der Waals surface area (Å²) in [6.45, 7) is -0.0197. The van der Waals surface area contributed by atoms with Crippen molar-refractivity contribution in [2.75, 3.05) is 0 Å². The van der Waals surface area contributed by atoms with E-state index in [4.69, 9.17) is 27.9 Å². The number of aromatic amines is 1. The van der Waals surface area contributed by atoms with E-state index in [1.54, 1.807) is 30.3 Å². The third-order valence-corrected chi connectivity index (χ3v) is 6.27. The molecule has 0 spiro atoms. The van der Waals surface area contributed by atoms with E-state index in [-0.39, 0.29) is 18.9 Å². The maximum atomic E-state index is 12.9. The highest BCUT2D eigenvalue weighted by atomic mass is 35.5. The maximum Gasteiger partial charge on any atom is 0.329 e. The number of hydrogen-bond donors (Lipinski definition) is 2. The lowest BCUT2D eigenvalue weighted by Crippen LogP contribution is -2.43. The minimum absolute atomic E-state index is 0.0197. The van der Waals surface area contributed by atoms with Crippen molar-refractivity contribution in [2.24, 2.45) is 0 Å². The van der Waals surface area contributed by atoms with Crippen LogP contribution in [0.5, 0.6) is 0 Å². The van der Waals surface area contributed by atoms with Crippen LogP contribution in [0.15, 0.2) is 66.2 Å². The van der Waals surface area contributed by atoms with E-state index in [1.807, 2.05) is 35.8 Å². The van der Waals surface area contributed by atoms with Crippen molar-refractivity contribution >= 4 is 57.3 Å². The predicted octanol–water partition coefficient (Wildman–Crippen LogP) is 5.62. The van der Waals surface area contributed by atoms with Gasteiger partial charge in [-0.25, -0.2) is 4.79 Å². The van der Waals surface area contributed by atoms with Gasteiger partial charge in [0.25, 0.3) is 5.91 Å². The number of nitrogens with one attached hydrogen (secondary N) is 2. The number of thiophene rings is 1. The van der Waals surface area contributed by atoms with E-state index < -0.39 is 12.0 Å². The van der Waals surface area contributed by atoms with E-state index in [2.05, 4.69) is 10.3 Å². The molecule has 2 heterocycles. The van der Waals surface area contributed by atoms with Crippen LogP contribution in [-0.4, -0.2) is 22.9 Å². The number of benzene rings is 2. The van der Waals surface area contributed by atoms with Crippen LogP contribution >= 0.6 is 34.5 Å². The molecule has 31 heavy (non-hydrogen) atoms. The van der Waals surface area contributed by atoms with Crippen LogP contribution in [0, 0.1) is 0 Å². The Kier molecular flexibility index (Phi) is 6.61. The first-order chi connectivity index (χ1) is 15.0. The van der Waals surface area contributed by atoms with E-state index in [0.717, 1.165) is 16.5 Å². The Balaban J connectivity index is 1.53. The largest absolute Gasteiger partial charge is 0.459 e. The minimum Gasteiger partial charge on any atom is -0.459 e. The first-order valence-corrected chi connectivity index (χ1v) is 11.1. The van der Waals surface area contributed by atoms with Crippen molar-refractivity contribution in [3.63, 3.8) is 0 Å². The quantitative estimate of drug-likeness (QED) is 0.342. The lowest BCUT2D eigenvalue weighted by Gasteiger charge is -2.17. The van der Waals surface area contributed by atoms with Crippen LogP contribution in [0.3, 0.4) is 0 Å². The molecular weight excluding hydrogens is 455 g/mol. The summed E-state index contributed by atoms with van der Waals surface area (Å²) in [4.78, 5) is 29.3. The summed E-state index contributed by atoms with van der Waals surface area (Å²) in [5, 5.41) is 6.53. The number of carbonyl (C=O) groups excluding carboxylic acids is 2. The average Bonchev–Trinajstić information content (AvgIpc) is 3.43. The van der Waals surface area contributed by atoms with Crippen LogP contribution in [0.4, 0.5) is 0 Å². The fraction of sp³-hybridized carbons (Fsp3) is 0.130. The van der Waals surface area contributed by atoms with Crippen molar-refractivity contribution in [1.82, 2.24) is 10.3 Å². The molecule has 158 valence electrons. The second kappa shape index (κ2) is 9.56. The molecule has 0 saturated heterocycles. The molecule has 1 unspecified atom stereocenters. The summed E-state index contributed by atoms with van der Waals surface area (Å²) >= 11 is 13.4. The molecule has 0 aliphatic carbocycles. The van der Waals surface area contributed by atoms with Gasteiger partial charge in [0.1, 0.15) is 12.6 Å². The van der Waals surface area contributed by atoms with Crippen molar-refractivity contribution in [3.05, 3.63) is 92.2 Å². The first kappa shape index (κ1) is 21.4. The summed E-state index contributed by atoms with van der Waals surface area (Å²) in [6, 6.07) is 15.4. The molecule has 4 rings (SSSR count). The normalized spacial score (nSPS) is 11.9. The first-order valence-electron chi connectivity index (χ1n) is 9.51. The van der Waals surface area contributed by atoms with Gasteiger partial charge in [-0.3, -0.25) is 4.79 Å². The lowest BCUT2D eigenvalue weighted by molar-refractivity contribution is -0.147. The fourth-order valence-corrected chi connectivity index (χ4v) is 4.33. The highest BCUT2D eigenvalue weighted by Gasteiger charge is 2.25. The SMILES string of the molecule is O=C(NC(Cc1c[nH]c2ccccc12)C(=O)OCc1ccc(Cl)cc1Cl)c1cccs1. The Morgan fingerprint density at radius 2 is 1.90 bits per heavy atom. The van der Waals surface area contributed by atoms with Gasteiger partial charge in [-0.1, -0.05) is 53.5 Å². The third-order valence-electron chi connectivity index (χ3n) is 4.82. The Hall–Kier alpha value is -2.80. The summed E-state index contributed by atoms with van der Waals surface area (Å²) in [7, 11) is 0. The van der Waals surface area contributed by atoms with Crippen molar-refractivity contribution in [2.45, 2.75) is 19.1 Å². The Morgan fingerprint density at radius 1 is 1.06 bits per heavy atom. The standard InChI is InChI=1S/C23H18Cl2N2O3S/c24-16-8-7-14(18(25)11-16)13-30-23(29)20(27-22(28)21-6-3-9-31-21)10-15-12-26-19-5-2-1-4-17(15)19/h1-9,11-12,20,26H,10,13H2,(H,27,28). The van der Waals surface area contributed by atoms with Crippen LogP contribution in [0.25, 0.3) is 10.9 Å². The molecule has 0 bridgehead atoms. The zero-order valence-electron chi connectivity index (χ0n) is 16.2. The van der Waals surface area contributed by atoms with Crippen LogP contribution < -0.4 is 5.32 Å². The molecule has 0 saturated carbocycles. The molecule has 1 atom stereocenters. The van der Waals surface area contributed by atoms with E-state index in [1.165, 1.54) is 11.3 Å². The Bertz CT molecular complexity index is 1220. The monoisotopic (exact) mass is 472 g/mol. The molecule has 0 aliphatic heterocycles. The number of H-pyrrole nitrogens is 1. The van der Waals surface area contributed by atoms with Gasteiger partial charge in [0.2, 0.25) is 0 Å². The van der Waals surface area contributed by atoms with Crippen molar-refractivity contribution in [1.29, 1.82) is 0 Å². The second-order valence-corrected chi connectivity index (χ2v) is 8.70. The summed E-state index contributed by atoms with van der Waals surface area (Å²) in [6.07, 6.45) is 2.13. The molecule has 2 aromatic carbocycles. The second-order valence-electron chi connectivity index (χ2n) is 6.91. The van der Waals surface area contributed by atoms with Crippen LogP contribution in [0.1, 0.15) is 20.8 Å². The van der Waals surface area contributed by atoms with Crippen molar-refractivity contribution < 1.29 is 14.3 Å². The number of ether oxygens (including phenoxy) is 1. The van der Waals surface area contributed by atoms with Gasteiger partial charge >= 0.3 is 5.97 Å². The van der Waals surface area contributed by atoms with Gasteiger partial charge in [-0.15, -0.1) is 11.3 Å². The van der Waals surface area contributed by atoms with Gasteiger partial charge in [0.15, 0.2) is 0 Å². The number of amides is 1. The molecule has 2 aromatic heterocycles. The number of aromatic nitrogens is 1. The Labute approximate surface area is 192 Å². The smallest absolute Gasteiger partial charge is 0.329 e. The number of halogens is 2. The van der Waals surface area contributed by atoms with Crippen LogP contribution in [-0.2, 0) is 22.6 Å². The number of carbonyl (C=O) groups is 2. The van der Waals surface area contributed by atoms with E-state index in [9.17, 15) is 9.59 Å². The number of rotatable bonds is 7. The molecule has 0 fully saturated rings. The number of fused-ring (bicyclic) bond motifs is 1. The van der Waals surface area contributed by atoms with Gasteiger partial charge in [0.05, 0.1) is 4.88 Å². The van der Waals surface area contributed by atoms with Gasteiger partial charge in [0, 0.05) is 39.1 Å². The zero-order chi connectivity index (χ0) is 21.8. The molecule has 8 heteroatoms. The predicted molar refractivity (Wildman–Crippen MR) is 124 cm³/mol.